The van der Waals surface area contributed by atoms with Gasteiger partial charge in [-0.1, -0.05) is 31.7 Å². The summed E-state index contributed by atoms with van der Waals surface area (Å²) in [4.78, 5) is 1.08. The molecule has 0 bridgehead atoms. The van der Waals surface area contributed by atoms with Crippen molar-refractivity contribution in [3.05, 3.63) is 42.1 Å². The SMILES string of the molecule is C=C(N(C)c1ccccc1CC)C(F)(F)F. The Hall–Kier alpha value is -1.45. The molecule has 0 aliphatic carbocycles. The van der Waals surface area contributed by atoms with E-state index >= 15 is 0 Å². The Morgan fingerprint density at radius 2 is 1.88 bits per heavy atom. The maximum Gasteiger partial charge on any atom is 0.430 e. The maximum absolute atomic E-state index is 12.5. The molecule has 0 aliphatic rings. The molecule has 0 fully saturated rings. The first kappa shape index (κ1) is 12.6. The lowest BCUT2D eigenvalue weighted by atomic mass is 10.1. The van der Waals surface area contributed by atoms with Gasteiger partial charge in [0.05, 0.1) is 0 Å². The average Bonchev–Trinajstić information content (AvgIpc) is 2.25. The predicted molar refractivity (Wildman–Crippen MR) is 59.4 cm³/mol. The second-order valence-electron chi connectivity index (χ2n) is 3.49. The van der Waals surface area contributed by atoms with Gasteiger partial charge in [-0.3, -0.25) is 0 Å². The van der Waals surface area contributed by atoms with Gasteiger partial charge in [0.1, 0.15) is 5.70 Å². The molecule has 1 rings (SSSR count). The highest BCUT2D eigenvalue weighted by Crippen LogP contribution is 2.31. The number of alkyl halides is 3. The molecule has 0 saturated carbocycles. The number of anilines is 1. The van der Waals surface area contributed by atoms with Gasteiger partial charge < -0.3 is 4.90 Å². The molecule has 1 nitrogen and oxygen atoms in total. The molecule has 0 atom stereocenters. The summed E-state index contributed by atoms with van der Waals surface area (Å²) < 4.78 is 37.4. The summed E-state index contributed by atoms with van der Waals surface area (Å²) in [5, 5.41) is 0. The number of allylic oxidation sites excluding steroid dienone is 1. The minimum absolute atomic E-state index is 0.548. The molecule has 1 aromatic rings. The van der Waals surface area contributed by atoms with Crippen molar-refractivity contribution in [1.82, 2.24) is 0 Å². The van der Waals surface area contributed by atoms with Crippen molar-refractivity contribution in [3.8, 4) is 0 Å². The molecule has 0 N–H and O–H groups in total. The zero-order valence-corrected chi connectivity index (χ0v) is 9.30. The van der Waals surface area contributed by atoms with Gasteiger partial charge in [-0.05, 0) is 18.1 Å². The molecule has 0 heterocycles. The minimum atomic E-state index is -4.39. The van der Waals surface area contributed by atoms with Crippen LogP contribution in [0.1, 0.15) is 12.5 Å². The molecule has 88 valence electrons. The number of hydrogen-bond acceptors (Lipinski definition) is 1. The highest BCUT2D eigenvalue weighted by atomic mass is 19.4. The van der Waals surface area contributed by atoms with Gasteiger partial charge in [-0.25, -0.2) is 0 Å². The number of hydrogen-bond donors (Lipinski definition) is 0. The van der Waals surface area contributed by atoms with E-state index in [0.717, 1.165) is 10.5 Å². The van der Waals surface area contributed by atoms with Crippen LogP contribution in [0, 0.1) is 0 Å². The molecule has 16 heavy (non-hydrogen) atoms. The average molecular weight is 229 g/mol. The lowest BCUT2D eigenvalue weighted by Crippen LogP contribution is -2.28. The van der Waals surface area contributed by atoms with E-state index in [9.17, 15) is 13.2 Å². The highest BCUT2D eigenvalue weighted by Gasteiger charge is 2.35. The molecule has 1 aromatic carbocycles. The summed E-state index contributed by atoms with van der Waals surface area (Å²) >= 11 is 0. The summed E-state index contributed by atoms with van der Waals surface area (Å²) in [6, 6.07) is 7.01. The fourth-order valence-electron chi connectivity index (χ4n) is 1.47. The predicted octanol–water partition coefficient (Wildman–Crippen LogP) is 3.76. The normalized spacial score (nSPS) is 11.3. The quantitative estimate of drug-likeness (QED) is 0.762. The smallest absolute Gasteiger partial charge is 0.341 e. The van der Waals surface area contributed by atoms with E-state index in [1.165, 1.54) is 7.05 Å². The Kier molecular flexibility index (Phi) is 3.62. The molecule has 0 unspecified atom stereocenters. The topological polar surface area (TPSA) is 3.24 Å². The van der Waals surface area contributed by atoms with E-state index < -0.39 is 11.9 Å². The van der Waals surface area contributed by atoms with Crippen molar-refractivity contribution in [1.29, 1.82) is 0 Å². The molecular formula is C12H14F3N. The summed E-state index contributed by atoms with van der Waals surface area (Å²) in [5.74, 6) is 0. The summed E-state index contributed by atoms with van der Waals surface area (Å²) in [5.41, 5.74) is 0.566. The standard InChI is InChI=1S/C12H14F3N/c1-4-10-7-5-6-8-11(10)16(3)9(2)12(13,14)15/h5-8H,2,4H2,1,3H3. The monoisotopic (exact) mass is 229 g/mol. The van der Waals surface area contributed by atoms with Gasteiger partial charge in [0.25, 0.3) is 0 Å². The fourth-order valence-corrected chi connectivity index (χ4v) is 1.47. The molecule has 4 heteroatoms. The largest absolute Gasteiger partial charge is 0.430 e. The van der Waals surface area contributed by atoms with Crippen LogP contribution in [0.15, 0.2) is 36.5 Å². The van der Waals surface area contributed by atoms with Crippen LogP contribution in [0.3, 0.4) is 0 Å². The van der Waals surface area contributed by atoms with Gasteiger partial charge in [0.15, 0.2) is 0 Å². The van der Waals surface area contributed by atoms with Crippen LogP contribution >= 0.6 is 0 Å². The lowest BCUT2D eigenvalue weighted by Gasteiger charge is -2.25. The van der Waals surface area contributed by atoms with Crippen LogP contribution in [-0.2, 0) is 6.42 Å². The Labute approximate surface area is 93.2 Å². The van der Waals surface area contributed by atoms with E-state index in [-0.39, 0.29) is 0 Å². The molecule has 0 radical (unpaired) electrons. The number of para-hydroxylation sites is 1. The van der Waals surface area contributed by atoms with Crippen LogP contribution in [0.25, 0.3) is 0 Å². The van der Waals surface area contributed by atoms with Crippen molar-refractivity contribution in [2.24, 2.45) is 0 Å². The first-order chi connectivity index (χ1) is 7.38. The number of nitrogens with zero attached hydrogens (tertiary/aromatic N) is 1. The minimum Gasteiger partial charge on any atom is -0.341 e. The number of halogens is 3. The number of aryl methyl sites for hydroxylation is 1. The second-order valence-corrected chi connectivity index (χ2v) is 3.49. The fraction of sp³-hybridized carbons (Fsp3) is 0.333. The van der Waals surface area contributed by atoms with Gasteiger partial charge >= 0.3 is 6.18 Å². The first-order valence-electron chi connectivity index (χ1n) is 4.95. The zero-order chi connectivity index (χ0) is 12.3. The third kappa shape index (κ3) is 2.56. The summed E-state index contributed by atoms with van der Waals surface area (Å²) in [6.07, 6.45) is -3.71. The Morgan fingerprint density at radius 3 is 2.38 bits per heavy atom. The van der Waals surface area contributed by atoms with Gasteiger partial charge in [-0.2, -0.15) is 13.2 Å². The third-order valence-corrected chi connectivity index (χ3v) is 2.47. The van der Waals surface area contributed by atoms with Crippen LogP contribution in [0.2, 0.25) is 0 Å². The second kappa shape index (κ2) is 4.60. The van der Waals surface area contributed by atoms with Crippen molar-refractivity contribution in [3.63, 3.8) is 0 Å². The van der Waals surface area contributed by atoms with E-state index in [4.69, 9.17) is 0 Å². The number of rotatable bonds is 3. The van der Waals surface area contributed by atoms with Crippen molar-refractivity contribution < 1.29 is 13.2 Å². The first-order valence-corrected chi connectivity index (χ1v) is 4.95. The van der Waals surface area contributed by atoms with Crippen LogP contribution in [0.5, 0.6) is 0 Å². The molecular weight excluding hydrogens is 215 g/mol. The molecule has 0 aromatic heterocycles. The van der Waals surface area contributed by atoms with Gasteiger partial charge in [0.2, 0.25) is 0 Å². The Balaban J connectivity index is 3.05. The van der Waals surface area contributed by atoms with Crippen LogP contribution in [-0.4, -0.2) is 13.2 Å². The molecule has 0 amide bonds. The van der Waals surface area contributed by atoms with E-state index in [0.29, 0.717) is 12.1 Å². The lowest BCUT2D eigenvalue weighted by molar-refractivity contribution is -0.0925. The third-order valence-electron chi connectivity index (χ3n) is 2.47. The van der Waals surface area contributed by atoms with Crippen molar-refractivity contribution in [2.45, 2.75) is 19.5 Å². The number of benzene rings is 1. The van der Waals surface area contributed by atoms with E-state index in [1.807, 2.05) is 19.1 Å². The molecule has 0 saturated heterocycles. The Bertz CT molecular complexity index is 382. The van der Waals surface area contributed by atoms with Crippen LogP contribution in [0.4, 0.5) is 18.9 Å². The van der Waals surface area contributed by atoms with Crippen LogP contribution < -0.4 is 4.90 Å². The van der Waals surface area contributed by atoms with E-state index in [2.05, 4.69) is 6.58 Å². The van der Waals surface area contributed by atoms with Gasteiger partial charge in [-0.15, -0.1) is 0 Å². The summed E-state index contributed by atoms with van der Waals surface area (Å²) in [7, 11) is 1.38. The van der Waals surface area contributed by atoms with Crippen molar-refractivity contribution >= 4 is 5.69 Å². The molecule has 0 aliphatic heterocycles. The van der Waals surface area contributed by atoms with E-state index in [1.54, 1.807) is 12.1 Å². The molecule has 0 spiro atoms. The van der Waals surface area contributed by atoms with Gasteiger partial charge in [0, 0.05) is 12.7 Å². The Morgan fingerprint density at radius 1 is 1.31 bits per heavy atom. The summed E-state index contributed by atoms with van der Waals surface area (Å²) in [6.45, 7) is 4.98. The van der Waals surface area contributed by atoms with Crippen molar-refractivity contribution in [2.75, 3.05) is 11.9 Å². The maximum atomic E-state index is 12.5. The highest BCUT2D eigenvalue weighted by molar-refractivity contribution is 5.57. The zero-order valence-electron chi connectivity index (χ0n) is 9.30.